The zero-order valence-electron chi connectivity index (χ0n) is 9.30. The summed E-state index contributed by atoms with van der Waals surface area (Å²) in [7, 11) is 0. The maximum absolute atomic E-state index is 11.0. The maximum atomic E-state index is 11.0. The highest BCUT2D eigenvalue weighted by atomic mass is 16.5. The molecule has 0 unspecified atom stereocenters. The van der Waals surface area contributed by atoms with Crippen LogP contribution < -0.4 is 5.32 Å². The van der Waals surface area contributed by atoms with E-state index in [2.05, 4.69) is 10.5 Å². The lowest BCUT2D eigenvalue weighted by Gasteiger charge is -2.07. The van der Waals surface area contributed by atoms with Crippen molar-refractivity contribution < 1.29 is 14.4 Å². The molecule has 1 aromatic heterocycles. The SMILES string of the molecule is Cc1cc(CNc2ccccc2C(=O)O)no1. The highest BCUT2D eigenvalue weighted by Gasteiger charge is 2.09. The minimum atomic E-state index is -0.954. The highest BCUT2D eigenvalue weighted by Crippen LogP contribution is 2.16. The zero-order valence-corrected chi connectivity index (χ0v) is 9.30. The van der Waals surface area contributed by atoms with Crippen molar-refractivity contribution in [1.82, 2.24) is 5.16 Å². The normalized spacial score (nSPS) is 10.2. The molecule has 2 rings (SSSR count). The summed E-state index contributed by atoms with van der Waals surface area (Å²) in [5, 5.41) is 15.8. The van der Waals surface area contributed by atoms with Crippen molar-refractivity contribution in [3.05, 3.63) is 47.3 Å². The number of carbonyl (C=O) groups is 1. The third kappa shape index (κ3) is 2.63. The number of benzene rings is 1. The molecular formula is C12H12N2O3. The Morgan fingerprint density at radius 1 is 1.47 bits per heavy atom. The van der Waals surface area contributed by atoms with Crippen molar-refractivity contribution in [3.63, 3.8) is 0 Å². The second-order valence-electron chi connectivity index (χ2n) is 3.63. The number of aryl methyl sites for hydroxylation is 1. The molecule has 0 amide bonds. The van der Waals surface area contributed by atoms with Gasteiger partial charge in [-0.1, -0.05) is 17.3 Å². The second-order valence-corrected chi connectivity index (χ2v) is 3.63. The van der Waals surface area contributed by atoms with Crippen LogP contribution >= 0.6 is 0 Å². The van der Waals surface area contributed by atoms with E-state index in [9.17, 15) is 4.79 Å². The number of carboxylic acids is 1. The maximum Gasteiger partial charge on any atom is 0.337 e. The van der Waals surface area contributed by atoms with E-state index in [-0.39, 0.29) is 5.56 Å². The van der Waals surface area contributed by atoms with Crippen LogP contribution in [0.3, 0.4) is 0 Å². The molecule has 1 aromatic carbocycles. The van der Waals surface area contributed by atoms with Gasteiger partial charge in [-0.25, -0.2) is 4.79 Å². The summed E-state index contributed by atoms with van der Waals surface area (Å²) in [4.78, 5) is 11.0. The number of nitrogens with one attached hydrogen (secondary N) is 1. The average Bonchev–Trinajstić information content (AvgIpc) is 2.73. The third-order valence-corrected chi connectivity index (χ3v) is 2.29. The van der Waals surface area contributed by atoms with Crippen LogP contribution in [0.15, 0.2) is 34.9 Å². The predicted molar refractivity (Wildman–Crippen MR) is 62.0 cm³/mol. The first-order valence-electron chi connectivity index (χ1n) is 5.15. The summed E-state index contributed by atoms with van der Waals surface area (Å²) < 4.78 is 4.92. The number of anilines is 1. The van der Waals surface area contributed by atoms with Gasteiger partial charge in [-0.05, 0) is 19.1 Å². The number of nitrogens with zero attached hydrogens (tertiary/aromatic N) is 1. The number of aromatic carboxylic acids is 1. The predicted octanol–water partition coefficient (Wildman–Crippen LogP) is 2.29. The Morgan fingerprint density at radius 3 is 2.88 bits per heavy atom. The van der Waals surface area contributed by atoms with Crippen LogP contribution in [-0.2, 0) is 6.54 Å². The fraction of sp³-hybridized carbons (Fsp3) is 0.167. The summed E-state index contributed by atoms with van der Waals surface area (Å²) in [5.74, 6) is -0.224. The molecule has 2 aromatic rings. The van der Waals surface area contributed by atoms with Crippen LogP contribution in [-0.4, -0.2) is 16.2 Å². The van der Waals surface area contributed by atoms with Gasteiger partial charge in [0.05, 0.1) is 12.1 Å². The largest absolute Gasteiger partial charge is 0.478 e. The molecule has 5 heteroatoms. The minimum absolute atomic E-state index is 0.243. The molecule has 0 aliphatic heterocycles. The molecule has 0 bridgehead atoms. The number of hydrogen-bond donors (Lipinski definition) is 2. The molecule has 88 valence electrons. The van der Waals surface area contributed by atoms with Crippen LogP contribution in [0, 0.1) is 6.92 Å². The van der Waals surface area contributed by atoms with Crippen molar-refractivity contribution in [2.45, 2.75) is 13.5 Å². The van der Waals surface area contributed by atoms with Gasteiger partial charge in [0.15, 0.2) is 0 Å². The number of rotatable bonds is 4. The van der Waals surface area contributed by atoms with Gasteiger partial charge in [0.25, 0.3) is 0 Å². The van der Waals surface area contributed by atoms with Gasteiger partial charge in [-0.3, -0.25) is 0 Å². The van der Waals surface area contributed by atoms with E-state index >= 15 is 0 Å². The average molecular weight is 232 g/mol. The summed E-state index contributed by atoms with van der Waals surface area (Å²) >= 11 is 0. The fourth-order valence-corrected chi connectivity index (χ4v) is 1.51. The Bertz CT molecular complexity index is 534. The van der Waals surface area contributed by atoms with Crippen LogP contribution in [0.5, 0.6) is 0 Å². The molecule has 0 aliphatic rings. The van der Waals surface area contributed by atoms with Gasteiger partial charge in [-0.15, -0.1) is 0 Å². The highest BCUT2D eigenvalue weighted by molar-refractivity contribution is 5.94. The van der Waals surface area contributed by atoms with Crippen LogP contribution in [0.2, 0.25) is 0 Å². The van der Waals surface area contributed by atoms with Gasteiger partial charge < -0.3 is 14.9 Å². The standard InChI is InChI=1S/C12H12N2O3/c1-8-6-9(14-17-8)7-13-11-5-3-2-4-10(11)12(15)16/h2-6,13H,7H2,1H3,(H,15,16). The molecule has 0 saturated carbocycles. The van der Waals surface area contributed by atoms with Gasteiger partial charge in [0, 0.05) is 11.8 Å². The van der Waals surface area contributed by atoms with Crippen molar-refractivity contribution in [2.24, 2.45) is 0 Å². The van der Waals surface area contributed by atoms with E-state index in [1.165, 1.54) is 0 Å². The van der Waals surface area contributed by atoms with E-state index in [1.807, 2.05) is 6.92 Å². The Morgan fingerprint density at radius 2 is 2.24 bits per heavy atom. The number of para-hydroxylation sites is 1. The lowest BCUT2D eigenvalue weighted by atomic mass is 10.2. The van der Waals surface area contributed by atoms with E-state index in [0.717, 1.165) is 11.5 Å². The van der Waals surface area contributed by atoms with E-state index < -0.39 is 5.97 Å². The summed E-state index contributed by atoms with van der Waals surface area (Å²) in [6.07, 6.45) is 0. The Balaban J connectivity index is 2.11. The van der Waals surface area contributed by atoms with Gasteiger partial charge in [0.1, 0.15) is 11.5 Å². The first-order chi connectivity index (χ1) is 8.16. The van der Waals surface area contributed by atoms with Crippen LogP contribution in [0.1, 0.15) is 21.8 Å². The lowest BCUT2D eigenvalue weighted by molar-refractivity contribution is 0.0698. The van der Waals surface area contributed by atoms with E-state index in [4.69, 9.17) is 9.63 Å². The molecule has 0 atom stereocenters. The number of carboxylic acid groups (broad SMARTS) is 1. The first-order valence-corrected chi connectivity index (χ1v) is 5.15. The summed E-state index contributed by atoms with van der Waals surface area (Å²) in [6, 6.07) is 8.54. The minimum Gasteiger partial charge on any atom is -0.478 e. The molecular weight excluding hydrogens is 220 g/mol. The smallest absolute Gasteiger partial charge is 0.337 e. The van der Waals surface area contributed by atoms with Crippen molar-refractivity contribution >= 4 is 11.7 Å². The third-order valence-electron chi connectivity index (χ3n) is 2.29. The van der Waals surface area contributed by atoms with E-state index in [0.29, 0.717) is 12.2 Å². The second kappa shape index (κ2) is 4.69. The van der Waals surface area contributed by atoms with Gasteiger partial charge in [-0.2, -0.15) is 0 Å². The quantitative estimate of drug-likeness (QED) is 0.845. The molecule has 1 heterocycles. The van der Waals surface area contributed by atoms with Gasteiger partial charge in [0.2, 0.25) is 0 Å². The topological polar surface area (TPSA) is 75.4 Å². The molecule has 2 N–H and O–H groups in total. The molecule has 0 saturated heterocycles. The first kappa shape index (κ1) is 11.2. The Hall–Kier alpha value is -2.30. The van der Waals surface area contributed by atoms with Crippen molar-refractivity contribution in [3.8, 4) is 0 Å². The monoisotopic (exact) mass is 232 g/mol. The zero-order chi connectivity index (χ0) is 12.3. The van der Waals surface area contributed by atoms with Crippen LogP contribution in [0.4, 0.5) is 5.69 Å². The molecule has 0 fully saturated rings. The van der Waals surface area contributed by atoms with Crippen molar-refractivity contribution in [1.29, 1.82) is 0 Å². The Labute approximate surface area is 98.1 Å². The van der Waals surface area contributed by atoms with Crippen LogP contribution in [0.25, 0.3) is 0 Å². The number of aromatic nitrogens is 1. The van der Waals surface area contributed by atoms with E-state index in [1.54, 1.807) is 30.3 Å². The van der Waals surface area contributed by atoms with Gasteiger partial charge >= 0.3 is 5.97 Å². The lowest BCUT2D eigenvalue weighted by Crippen LogP contribution is -2.06. The molecule has 0 spiro atoms. The molecule has 0 aliphatic carbocycles. The molecule has 0 radical (unpaired) electrons. The molecule has 17 heavy (non-hydrogen) atoms. The molecule has 5 nitrogen and oxygen atoms in total. The fourth-order valence-electron chi connectivity index (χ4n) is 1.51. The summed E-state index contributed by atoms with van der Waals surface area (Å²) in [6.45, 7) is 2.24. The van der Waals surface area contributed by atoms with Crippen molar-refractivity contribution in [2.75, 3.05) is 5.32 Å². The Kier molecular flexibility index (Phi) is 3.09. The number of hydrogen-bond acceptors (Lipinski definition) is 4. The summed E-state index contributed by atoms with van der Waals surface area (Å²) in [5.41, 5.74) is 1.55.